The van der Waals surface area contributed by atoms with Crippen LogP contribution in [0.4, 0.5) is 5.69 Å². The minimum Gasteiger partial charge on any atom is -0.399 e. The van der Waals surface area contributed by atoms with E-state index in [1.54, 1.807) is 0 Å². The Bertz CT molecular complexity index is 580. The van der Waals surface area contributed by atoms with Crippen LogP contribution in [0.15, 0.2) is 42.6 Å². The fourth-order valence-corrected chi connectivity index (χ4v) is 3.14. The molecule has 0 amide bonds. The Balaban J connectivity index is 1.82. The third kappa shape index (κ3) is 2.54. The molecule has 2 N–H and O–H groups in total. The molecular weight excluding hydrogens is 246 g/mol. The van der Waals surface area contributed by atoms with E-state index < -0.39 is 0 Å². The Morgan fingerprint density at radius 2 is 2.20 bits per heavy atom. The summed E-state index contributed by atoms with van der Waals surface area (Å²) < 4.78 is 0. The van der Waals surface area contributed by atoms with Gasteiger partial charge in [0.2, 0.25) is 0 Å². The zero-order chi connectivity index (χ0) is 13.9. The molecule has 3 heteroatoms. The summed E-state index contributed by atoms with van der Waals surface area (Å²) in [6.07, 6.45) is 4.18. The Labute approximate surface area is 120 Å². The van der Waals surface area contributed by atoms with E-state index in [0.29, 0.717) is 6.04 Å². The summed E-state index contributed by atoms with van der Waals surface area (Å²) in [6.45, 7) is 4.16. The molecule has 104 valence electrons. The largest absolute Gasteiger partial charge is 0.399 e. The number of benzene rings is 1. The number of aromatic nitrogens is 1. The SMILES string of the molecule is CCN(Cc1ccccn1)C1CCc2cc(N)ccc21. The standard InChI is InChI=1S/C17H21N3/c1-2-20(12-15-5-3-4-10-19-15)17-9-6-13-11-14(18)7-8-16(13)17/h3-5,7-8,10-11,17H,2,6,9,12,18H2,1H3. The zero-order valence-electron chi connectivity index (χ0n) is 11.9. The van der Waals surface area contributed by atoms with Crippen LogP contribution in [0.25, 0.3) is 0 Å². The molecule has 0 saturated carbocycles. The van der Waals surface area contributed by atoms with Crippen LogP contribution in [0.3, 0.4) is 0 Å². The van der Waals surface area contributed by atoms with Crippen LogP contribution in [0, 0.1) is 0 Å². The summed E-state index contributed by atoms with van der Waals surface area (Å²) in [6, 6.07) is 13.0. The molecule has 0 radical (unpaired) electrons. The van der Waals surface area contributed by atoms with E-state index >= 15 is 0 Å². The fraction of sp³-hybridized carbons (Fsp3) is 0.353. The van der Waals surface area contributed by atoms with Crippen molar-refractivity contribution in [2.45, 2.75) is 32.4 Å². The van der Waals surface area contributed by atoms with E-state index in [9.17, 15) is 0 Å². The van der Waals surface area contributed by atoms with E-state index in [2.05, 4.69) is 41.1 Å². The number of fused-ring (bicyclic) bond motifs is 1. The van der Waals surface area contributed by atoms with Crippen LogP contribution < -0.4 is 5.73 Å². The molecule has 0 saturated heterocycles. The minimum atomic E-state index is 0.498. The molecule has 0 bridgehead atoms. The van der Waals surface area contributed by atoms with Gasteiger partial charge in [0.05, 0.1) is 5.69 Å². The Morgan fingerprint density at radius 3 is 2.95 bits per heavy atom. The number of pyridine rings is 1. The van der Waals surface area contributed by atoms with Crippen molar-refractivity contribution in [3.8, 4) is 0 Å². The van der Waals surface area contributed by atoms with Gasteiger partial charge >= 0.3 is 0 Å². The van der Waals surface area contributed by atoms with Gasteiger partial charge in [-0.25, -0.2) is 0 Å². The molecule has 1 aromatic heterocycles. The van der Waals surface area contributed by atoms with Gasteiger partial charge in [0, 0.05) is 24.5 Å². The van der Waals surface area contributed by atoms with Crippen LogP contribution in [0.1, 0.15) is 36.2 Å². The number of anilines is 1. The normalized spacial score (nSPS) is 17.4. The van der Waals surface area contributed by atoms with Crippen molar-refractivity contribution in [1.82, 2.24) is 9.88 Å². The molecule has 1 aromatic carbocycles. The van der Waals surface area contributed by atoms with Gasteiger partial charge in [-0.1, -0.05) is 19.1 Å². The lowest BCUT2D eigenvalue weighted by atomic mass is 10.1. The molecule has 1 unspecified atom stereocenters. The molecule has 3 nitrogen and oxygen atoms in total. The highest BCUT2D eigenvalue weighted by molar-refractivity contribution is 5.47. The van der Waals surface area contributed by atoms with E-state index in [1.807, 2.05) is 18.3 Å². The number of nitrogen functional groups attached to an aromatic ring is 1. The average molecular weight is 267 g/mol. The molecule has 1 atom stereocenters. The molecule has 1 heterocycles. The molecule has 3 rings (SSSR count). The summed E-state index contributed by atoms with van der Waals surface area (Å²) in [5.74, 6) is 0. The lowest BCUT2D eigenvalue weighted by Crippen LogP contribution is -2.27. The number of rotatable bonds is 4. The predicted octanol–water partition coefficient (Wildman–Crippen LogP) is 3.17. The predicted molar refractivity (Wildman–Crippen MR) is 82.2 cm³/mol. The molecule has 0 aliphatic heterocycles. The summed E-state index contributed by atoms with van der Waals surface area (Å²) >= 11 is 0. The Hall–Kier alpha value is -1.87. The highest BCUT2D eigenvalue weighted by atomic mass is 15.2. The van der Waals surface area contributed by atoms with Crippen molar-refractivity contribution in [3.63, 3.8) is 0 Å². The maximum absolute atomic E-state index is 5.88. The number of hydrogen-bond donors (Lipinski definition) is 1. The van der Waals surface area contributed by atoms with Gasteiger partial charge in [0.25, 0.3) is 0 Å². The van der Waals surface area contributed by atoms with Crippen molar-refractivity contribution in [3.05, 3.63) is 59.4 Å². The third-order valence-corrected chi connectivity index (χ3v) is 4.15. The molecule has 2 aromatic rings. The van der Waals surface area contributed by atoms with Gasteiger partial charge < -0.3 is 5.73 Å². The first-order chi connectivity index (χ1) is 9.78. The van der Waals surface area contributed by atoms with Crippen LogP contribution in [-0.2, 0) is 13.0 Å². The fourth-order valence-electron chi connectivity index (χ4n) is 3.14. The van der Waals surface area contributed by atoms with Crippen molar-refractivity contribution in [2.24, 2.45) is 0 Å². The summed E-state index contributed by atoms with van der Waals surface area (Å²) in [4.78, 5) is 6.95. The van der Waals surface area contributed by atoms with Crippen molar-refractivity contribution in [1.29, 1.82) is 0 Å². The van der Waals surface area contributed by atoms with E-state index in [0.717, 1.165) is 30.9 Å². The van der Waals surface area contributed by atoms with Gasteiger partial charge in [-0.15, -0.1) is 0 Å². The van der Waals surface area contributed by atoms with Crippen LogP contribution in [-0.4, -0.2) is 16.4 Å². The van der Waals surface area contributed by atoms with Crippen LogP contribution in [0.5, 0.6) is 0 Å². The lowest BCUT2D eigenvalue weighted by Gasteiger charge is -2.28. The topological polar surface area (TPSA) is 42.2 Å². The Kier molecular flexibility index (Phi) is 3.70. The first-order valence-corrected chi connectivity index (χ1v) is 7.30. The summed E-state index contributed by atoms with van der Waals surface area (Å²) in [5.41, 5.74) is 10.7. The first-order valence-electron chi connectivity index (χ1n) is 7.30. The quantitative estimate of drug-likeness (QED) is 0.865. The second-order valence-electron chi connectivity index (χ2n) is 5.40. The monoisotopic (exact) mass is 267 g/mol. The lowest BCUT2D eigenvalue weighted by molar-refractivity contribution is 0.196. The molecule has 0 fully saturated rings. The van der Waals surface area contributed by atoms with Crippen molar-refractivity contribution < 1.29 is 0 Å². The maximum Gasteiger partial charge on any atom is 0.0544 e. The third-order valence-electron chi connectivity index (χ3n) is 4.15. The summed E-state index contributed by atoms with van der Waals surface area (Å²) in [5, 5.41) is 0. The van der Waals surface area contributed by atoms with E-state index in [1.165, 1.54) is 17.5 Å². The highest BCUT2D eigenvalue weighted by Gasteiger charge is 2.27. The molecule has 20 heavy (non-hydrogen) atoms. The van der Waals surface area contributed by atoms with Crippen LogP contribution >= 0.6 is 0 Å². The van der Waals surface area contributed by atoms with Gasteiger partial charge in [0.1, 0.15) is 0 Å². The van der Waals surface area contributed by atoms with Gasteiger partial charge in [-0.2, -0.15) is 0 Å². The highest BCUT2D eigenvalue weighted by Crippen LogP contribution is 2.37. The molecule has 1 aliphatic rings. The molecular formula is C17H21N3. The van der Waals surface area contributed by atoms with E-state index in [-0.39, 0.29) is 0 Å². The molecule has 0 spiro atoms. The zero-order valence-corrected chi connectivity index (χ0v) is 11.9. The maximum atomic E-state index is 5.88. The minimum absolute atomic E-state index is 0.498. The van der Waals surface area contributed by atoms with Gasteiger partial charge in [-0.3, -0.25) is 9.88 Å². The number of nitrogens with two attached hydrogens (primary N) is 1. The second-order valence-corrected chi connectivity index (χ2v) is 5.40. The molecule has 1 aliphatic carbocycles. The average Bonchev–Trinajstić information content (AvgIpc) is 2.88. The second kappa shape index (κ2) is 5.63. The smallest absolute Gasteiger partial charge is 0.0544 e. The summed E-state index contributed by atoms with van der Waals surface area (Å²) in [7, 11) is 0. The van der Waals surface area contributed by atoms with Crippen molar-refractivity contribution in [2.75, 3.05) is 12.3 Å². The van der Waals surface area contributed by atoms with Gasteiger partial charge in [-0.05, 0) is 54.8 Å². The first kappa shape index (κ1) is 13.1. The van der Waals surface area contributed by atoms with Crippen LogP contribution in [0.2, 0.25) is 0 Å². The number of aryl methyl sites for hydroxylation is 1. The Morgan fingerprint density at radius 1 is 1.30 bits per heavy atom. The number of hydrogen-bond acceptors (Lipinski definition) is 3. The van der Waals surface area contributed by atoms with Crippen molar-refractivity contribution >= 4 is 5.69 Å². The van der Waals surface area contributed by atoms with Gasteiger partial charge in [0.15, 0.2) is 0 Å². The van der Waals surface area contributed by atoms with E-state index in [4.69, 9.17) is 5.73 Å². The number of nitrogens with zero attached hydrogens (tertiary/aromatic N) is 2.